The highest BCUT2D eigenvalue weighted by Gasteiger charge is 2.29. The molecular formula is C15H17N3O2. The molecule has 1 aromatic carbocycles. The van der Waals surface area contributed by atoms with E-state index in [2.05, 4.69) is 22.5 Å². The van der Waals surface area contributed by atoms with Gasteiger partial charge in [0.2, 0.25) is 5.91 Å². The quantitative estimate of drug-likeness (QED) is 0.897. The van der Waals surface area contributed by atoms with E-state index >= 15 is 0 Å². The summed E-state index contributed by atoms with van der Waals surface area (Å²) in [5.74, 6) is 1.22. The van der Waals surface area contributed by atoms with Crippen LogP contribution in [0, 0.1) is 11.8 Å². The Labute approximate surface area is 117 Å². The highest BCUT2D eigenvalue weighted by Crippen LogP contribution is 2.22. The molecule has 1 aliphatic heterocycles. The van der Waals surface area contributed by atoms with Gasteiger partial charge in [0.1, 0.15) is 0 Å². The number of rotatable bonds is 3. The zero-order valence-corrected chi connectivity index (χ0v) is 11.3. The van der Waals surface area contributed by atoms with Crippen molar-refractivity contribution in [1.29, 1.82) is 0 Å². The first kappa shape index (κ1) is 12.9. The second-order valence-corrected chi connectivity index (χ2v) is 5.17. The van der Waals surface area contributed by atoms with Gasteiger partial charge in [0.15, 0.2) is 12.2 Å². The van der Waals surface area contributed by atoms with Crippen LogP contribution in [0.3, 0.4) is 0 Å². The summed E-state index contributed by atoms with van der Waals surface area (Å²) in [6.07, 6.45) is 3.07. The lowest BCUT2D eigenvalue weighted by atomic mass is 9.97. The number of nitrogens with zero attached hydrogens (tertiary/aromatic N) is 1. The molecule has 0 saturated carbocycles. The van der Waals surface area contributed by atoms with Gasteiger partial charge in [-0.05, 0) is 36.7 Å². The van der Waals surface area contributed by atoms with Gasteiger partial charge in [0.25, 0.3) is 0 Å². The van der Waals surface area contributed by atoms with Gasteiger partial charge in [0.05, 0.1) is 12.1 Å². The van der Waals surface area contributed by atoms with Crippen LogP contribution in [0.1, 0.15) is 6.92 Å². The third-order valence-corrected chi connectivity index (χ3v) is 3.72. The topological polar surface area (TPSA) is 67.2 Å². The summed E-state index contributed by atoms with van der Waals surface area (Å²) in [6.45, 7) is 3.75. The van der Waals surface area contributed by atoms with Crippen LogP contribution in [-0.2, 0) is 4.79 Å². The molecule has 5 heteroatoms. The van der Waals surface area contributed by atoms with E-state index in [0.29, 0.717) is 5.92 Å². The Morgan fingerprint density at radius 2 is 2.15 bits per heavy atom. The molecule has 2 heterocycles. The van der Waals surface area contributed by atoms with Crippen LogP contribution in [0.5, 0.6) is 0 Å². The Morgan fingerprint density at radius 1 is 1.35 bits per heavy atom. The number of carbonyl (C=O) groups is 1. The molecule has 0 spiro atoms. The monoisotopic (exact) mass is 271 g/mol. The maximum Gasteiger partial charge on any atom is 0.229 e. The van der Waals surface area contributed by atoms with Crippen molar-refractivity contribution in [2.45, 2.75) is 6.92 Å². The predicted molar refractivity (Wildman–Crippen MR) is 76.1 cm³/mol. The van der Waals surface area contributed by atoms with E-state index < -0.39 is 0 Å². The number of carbonyl (C=O) groups excluding carboxylic acids is 1. The molecule has 104 valence electrons. The molecule has 0 bridgehead atoms. The minimum Gasteiger partial charge on any atom is -0.444 e. The molecule has 1 saturated heterocycles. The van der Waals surface area contributed by atoms with Crippen LogP contribution in [-0.4, -0.2) is 24.0 Å². The molecule has 1 aliphatic rings. The molecule has 1 aromatic heterocycles. The Morgan fingerprint density at radius 3 is 2.75 bits per heavy atom. The third kappa shape index (κ3) is 2.58. The first-order valence-corrected chi connectivity index (χ1v) is 6.74. The minimum absolute atomic E-state index is 0.0453. The van der Waals surface area contributed by atoms with Gasteiger partial charge in [-0.15, -0.1) is 0 Å². The van der Waals surface area contributed by atoms with Crippen molar-refractivity contribution in [3.05, 3.63) is 36.9 Å². The van der Waals surface area contributed by atoms with Crippen molar-refractivity contribution >= 4 is 11.6 Å². The molecule has 5 nitrogen and oxygen atoms in total. The lowest BCUT2D eigenvalue weighted by molar-refractivity contribution is -0.120. The Kier molecular flexibility index (Phi) is 3.52. The third-order valence-electron chi connectivity index (χ3n) is 3.72. The normalized spacial score (nSPS) is 21.9. The summed E-state index contributed by atoms with van der Waals surface area (Å²) >= 11 is 0. The summed E-state index contributed by atoms with van der Waals surface area (Å²) in [5.41, 5.74) is 1.74. The minimum atomic E-state index is 0.0453. The molecule has 0 unspecified atom stereocenters. The van der Waals surface area contributed by atoms with E-state index in [1.807, 2.05) is 24.3 Å². The molecule has 0 radical (unpaired) electrons. The average molecular weight is 271 g/mol. The van der Waals surface area contributed by atoms with Crippen molar-refractivity contribution in [3.8, 4) is 11.3 Å². The van der Waals surface area contributed by atoms with E-state index in [-0.39, 0.29) is 11.8 Å². The number of benzene rings is 1. The maximum absolute atomic E-state index is 12.2. The molecular weight excluding hydrogens is 254 g/mol. The van der Waals surface area contributed by atoms with Gasteiger partial charge in [-0.1, -0.05) is 6.92 Å². The van der Waals surface area contributed by atoms with Gasteiger partial charge < -0.3 is 15.1 Å². The SMILES string of the molecule is C[C@@H]1CNC[C@H]1C(=O)Nc1ccc(-c2cnco2)cc1. The Balaban J connectivity index is 1.68. The summed E-state index contributed by atoms with van der Waals surface area (Å²) in [4.78, 5) is 16.0. The fourth-order valence-electron chi connectivity index (χ4n) is 2.47. The van der Waals surface area contributed by atoms with Crippen molar-refractivity contribution in [2.75, 3.05) is 18.4 Å². The summed E-state index contributed by atoms with van der Waals surface area (Å²) < 4.78 is 5.23. The molecule has 2 aromatic rings. The van der Waals surface area contributed by atoms with E-state index in [1.54, 1.807) is 6.20 Å². The van der Waals surface area contributed by atoms with E-state index in [4.69, 9.17) is 4.42 Å². The Bertz CT molecular complexity index is 578. The summed E-state index contributed by atoms with van der Waals surface area (Å²) in [7, 11) is 0. The van der Waals surface area contributed by atoms with E-state index in [1.165, 1.54) is 6.39 Å². The van der Waals surface area contributed by atoms with Crippen molar-refractivity contribution in [1.82, 2.24) is 10.3 Å². The lowest BCUT2D eigenvalue weighted by Gasteiger charge is -2.14. The second kappa shape index (κ2) is 5.46. The standard InChI is InChI=1S/C15H17N3O2/c1-10-6-16-7-13(10)15(19)18-12-4-2-11(3-5-12)14-8-17-9-20-14/h2-5,8-10,13,16H,6-7H2,1H3,(H,18,19)/t10-,13-/m1/s1. The largest absolute Gasteiger partial charge is 0.444 e. The van der Waals surface area contributed by atoms with Gasteiger partial charge >= 0.3 is 0 Å². The number of anilines is 1. The molecule has 1 amide bonds. The van der Waals surface area contributed by atoms with Crippen LogP contribution in [0.4, 0.5) is 5.69 Å². The van der Waals surface area contributed by atoms with Crippen molar-refractivity contribution < 1.29 is 9.21 Å². The smallest absolute Gasteiger partial charge is 0.229 e. The number of oxazole rings is 1. The lowest BCUT2D eigenvalue weighted by Crippen LogP contribution is -2.27. The van der Waals surface area contributed by atoms with Crippen LogP contribution in [0.2, 0.25) is 0 Å². The zero-order valence-electron chi connectivity index (χ0n) is 11.3. The highest BCUT2D eigenvalue weighted by atomic mass is 16.3. The number of amides is 1. The highest BCUT2D eigenvalue weighted by molar-refractivity contribution is 5.93. The number of aromatic nitrogens is 1. The van der Waals surface area contributed by atoms with Crippen LogP contribution in [0.25, 0.3) is 11.3 Å². The summed E-state index contributed by atoms with van der Waals surface area (Å²) in [5, 5.41) is 6.20. The average Bonchev–Trinajstić information content (AvgIpc) is 3.10. The fourth-order valence-corrected chi connectivity index (χ4v) is 2.47. The van der Waals surface area contributed by atoms with E-state index in [0.717, 1.165) is 30.1 Å². The number of hydrogen-bond acceptors (Lipinski definition) is 4. The van der Waals surface area contributed by atoms with Crippen molar-refractivity contribution in [2.24, 2.45) is 11.8 Å². The van der Waals surface area contributed by atoms with Crippen LogP contribution >= 0.6 is 0 Å². The molecule has 20 heavy (non-hydrogen) atoms. The zero-order chi connectivity index (χ0) is 13.9. The number of hydrogen-bond donors (Lipinski definition) is 2. The first-order valence-electron chi connectivity index (χ1n) is 6.74. The van der Waals surface area contributed by atoms with Gasteiger partial charge in [-0.3, -0.25) is 4.79 Å². The molecule has 2 atom stereocenters. The molecule has 0 aliphatic carbocycles. The van der Waals surface area contributed by atoms with Crippen LogP contribution in [0.15, 0.2) is 41.3 Å². The van der Waals surface area contributed by atoms with Gasteiger partial charge in [0, 0.05) is 17.8 Å². The van der Waals surface area contributed by atoms with Crippen LogP contribution < -0.4 is 10.6 Å². The fraction of sp³-hybridized carbons (Fsp3) is 0.333. The van der Waals surface area contributed by atoms with Crippen molar-refractivity contribution in [3.63, 3.8) is 0 Å². The maximum atomic E-state index is 12.2. The van der Waals surface area contributed by atoms with Gasteiger partial charge in [-0.25, -0.2) is 4.98 Å². The molecule has 3 rings (SSSR count). The molecule has 2 N–H and O–H groups in total. The molecule has 1 fully saturated rings. The second-order valence-electron chi connectivity index (χ2n) is 5.17. The predicted octanol–water partition coefficient (Wildman–Crippen LogP) is 2.14. The number of nitrogens with one attached hydrogen (secondary N) is 2. The Hall–Kier alpha value is -2.14. The van der Waals surface area contributed by atoms with E-state index in [9.17, 15) is 4.79 Å². The van der Waals surface area contributed by atoms with Gasteiger partial charge in [-0.2, -0.15) is 0 Å². The summed E-state index contributed by atoms with van der Waals surface area (Å²) in [6, 6.07) is 7.57. The first-order chi connectivity index (χ1) is 9.74.